The molecule has 0 radical (unpaired) electrons. The quantitative estimate of drug-likeness (QED) is 0.826. The molecule has 1 aromatic carbocycles. The molecule has 148 valence electrons. The molecule has 1 aromatic rings. The molecule has 4 rings (SSSR count). The summed E-state index contributed by atoms with van der Waals surface area (Å²) in [7, 11) is 0. The van der Waals surface area contributed by atoms with Crippen molar-refractivity contribution in [3.63, 3.8) is 0 Å². The second-order valence-electron chi connectivity index (χ2n) is 8.04. The van der Waals surface area contributed by atoms with Gasteiger partial charge in [0.25, 0.3) is 5.91 Å². The summed E-state index contributed by atoms with van der Waals surface area (Å²) in [5, 5.41) is 3.42. The largest absolute Gasteiger partial charge is 0.342 e. The normalized spacial score (nSPS) is 36.1. The van der Waals surface area contributed by atoms with Crippen LogP contribution in [0.5, 0.6) is 0 Å². The molecule has 0 aromatic heterocycles. The fourth-order valence-corrected chi connectivity index (χ4v) is 3.89. The Balaban J connectivity index is 1.57. The zero-order valence-electron chi connectivity index (χ0n) is 15.9. The molecule has 7 nitrogen and oxygen atoms in total. The predicted octanol–water partition coefficient (Wildman–Crippen LogP) is 2.98. The Morgan fingerprint density at radius 3 is 2.33 bits per heavy atom. The lowest BCUT2D eigenvalue weighted by Crippen LogP contribution is -2.58. The highest BCUT2D eigenvalue weighted by Gasteiger charge is 2.62. The number of carbonyl (C=O) groups excluding carboxylic acids is 1. The molecule has 1 amide bonds. The Morgan fingerprint density at radius 1 is 1.00 bits per heavy atom. The van der Waals surface area contributed by atoms with Gasteiger partial charge >= 0.3 is 0 Å². The van der Waals surface area contributed by atoms with Gasteiger partial charge in [0.05, 0.1) is 0 Å². The van der Waals surface area contributed by atoms with Gasteiger partial charge in [0.15, 0.2) is 24.0 Å². The van der Waals surface area contributed by atoms with Crippen LogP contribution in [0.15, 0.2) is 18.2 Å². The minimum absolute atomic E-state index is 0.349. The topological polar surface area (TPSA) is 75.3 Å². The molecule has 5 atom stereocenters. The first kappa shape index (κ1) is 19.1. The highest BCUT2D eigenvalue weighted by molar-refractivity contribution is 6.31. The van der Waals surface area contributed by atoms with Crippen molar-refractivity contribution < 1.29 is 28.5 Å². The summed E-state index contributed by atoms with van der Waals surface area (Å²) in [6.45, 7) is 9.10. The number of ether oxygens (including phenoxy) is 5. The number of benzene rings is 1. The summed E-state index contributed by atoms with van der Waals surface area (Å²) in [6.07, 6.45) is -3.17. The monoisotopic (exact) mass is 397 g/mol. The van der Waals surface area contributed by atoms with Crippen molar-refractivity contribution in [2.24, 2.45) is 0 Å². The molecule has 3 heterocycles. The summed E-state index contributed by atoms with van der Waals surface area (Å²) in [6, 6.07) is 5.33. The smallest absolute Gasteiger partial charge is 0.256 e. The Labute approximate surface area is 163 Å². The maximum atomic E-state index is 13.0. The van der Waals surface area contributed by atoms with Gasteiger partial charge in [-0.05, 0) is 52.3 Å². The number of nitrogens with one attached hydrogen (secondary N) is 1. The molecule has 0 unspecified atom stereocenters. The highest BCUT2D eigenvalue weighted by atomic mass is 35.5. The van der Waals surface area contributed by atoms with Crippen molar-refractivity contribution in [3.8, 4) is 0 Å². The highest BCUT2D eigenvalue weighted by Crippen LogP contribution is 2.44. The average molecular weight is 398 g/mol. The van der Waals surface area contributed by atoms with E-state index < -0.39 is 42.3 Å². The molecular formula is C19H24ClNO6. The summed E-state index contributed by atoms with van der Waals surface area (Å²) in [5.74, 6) is -2.03. The number of hydrogen-bond donors (Lipinski definition) is 1. The van der Waals surface area contributed by atoms with Crippen molar-refractivity contribution in [1.82, 2.24) is 0 Å². The van der Waals surface area contributed by atoms with Crippen LogP contribution in [0.1, 0.15) is 33.3 Å². The standard InChI is InChI=1S/C19H24ClNO6/c1-9-6-7-10(8-11(9)20)21-16(22)14-12-13(25-18(2,3)24-12)15-17(23-14)27-19(4,5)26-15/h6-8,12-15,17H,1-5H3,(H,21,22)/t12-,13-,14-,15+,17-/m0/s1. The van der Waals surface area contributed by atoms with Crippen molar-refractivity contribution in [3.05, 3.63) is 28.8 Å². The van der Waals surface area contributed by atoms with Gasteiger partial charge in [-0.15, -0.1) is 0 Å². The first-order valence-electron chi connectivity index (χ1n) is 8.98. The van der Waals surface area contributed by atoms with Crippen LogP contribution in [0.25, 0.3) is 0 Å². The van der Waals surface area contributed by atoms with Crippen LogP contribution in [0.2, 0.25) is 5.02 Å². The zero-order valence-corrected chi connectivity index (χ0v) is 16.7. The fraction of sp³-hybridized carbons (Fsp3) is 0.632. The zero-order chi connectivity index (χ0) is 19.6. The van der Waals surface area contributed by atoms with E-state index in [1.807, 2.05) is 13.0 Å². The van der Waals surface area contributed by atoms with Crippen molar-refractivity contribution in [2.75, 3.05) is 5.32 Å². The van der Waals surface area contributed by atoms with Gasteiger partial charge in [0.1, 0.15) is 18.3 Å². The van der Waals surface area contributed by atoms with E-state index in [2.05, 4.69) is 5.32 Å². The van der Waals surface area contributed by atoms with Crippen molar-refractivity contribution >= 4 is 23.2 Å². The van der Waals surface area contributed by atoms with E-state index in [0.717, 1.165) is 5.56 Å². The maximum Gasteiger partial charge on any atom is 0.256 e. The third-order valence-corrected chi connectivity index (χ3v) is 5.26. The summed E-state index contributed by atoms with van der Waals surface area (Å²) in [4.78, 5) is 13.0. The molecular weight excluding hydrogens is 374 g/mol. The Hall–Kier alpha value is -1.22. The number of amides is 1. The molecule has 3 aliphatic heterocycles. The number of halogens is 1. The van der Waals surface area contributed by atoms with Crippen molar-refractivity contribution in [1.29, 1.82) is 0 Å². The first-order chi connectivity index (χ1) is 12.5. The molecule has 0 bridgehead atoms. The van der Waals surface area contributed by atoms with Gasteiger partial charge in [0, 0.05) is 10.7 Å². The predicted molar refractivity (Wildman–Crippen MR) is 97.3 cm³/mol. The Kier molecular flexibility index (Phi) is 4.53. The van der Waals surface area contributed by atoms with E-state index in [9.17, 15) is 4.79 Å². The van der Waals surface area contributed by atoms with E-state index in [1.54, 1.807) is 39.8 Å². The Bertz CT molecular complexity index is 767. The molecule has 27 heavy (non-hydrogen) atoms. The molecule has 0 spiro atoms. The molecule has 0 aliphatic carbocycles. The van der Waals surface area contributed by atoms with Gasteiger partial charge in [-0.25, -0.2) is 0 Å². The van der Waals surface area contributed by atoms with Crippen LogP contribution in [-0.4, -0.2) is 48.2 Å². The minimum Gasteiger partial charge on any atom is -0.342 e. The minimum atomic E-state index is -0.907. The third-order valence-electron chi connectivity index (χ3n) is 4.85. The third kappa shape index (κ3) is 3.60. The number of fused-ring (bicyclic) bond motifs is 3. The average Bonchev–Trinajstić information content (AvgIpc) is 3.04. The van der Waals surface area contributed by atoms with Gasteiger partial charge in [0.2, 0.25) is 0 Å². The number of aryl methyl sites for hydroxylation is 1. The number of carbonyl (C=O) groups is 1. The first-order valence-corrected chi connectivity index (χ1v) is 9.36. The van der Waals surface area contributed by atoms with E-state index >= 15 is 0 Å². The molecule has 3 saturated heterocycles. The van der Waals surface area contributed by atoms with Crippen LogP contribution < -0.4 is 5.32 Å². The van der Waals surface area contributed by atoms with Crippen LogP contribution in [-0.2, 0) is 28.5 Å². The molecule has 0 saturated carbocycles. The fourth-order valence-electron chi connectivity index (χ4n) is 3.71. The second-order valence-corrected chi connectivity index (χ2v) is 8.45. The summed E-state index contributed by atoms with van der Waals surface area (Å²) in [5.41, 5.74) is 1.51. The van der Waals surface area contributed by atoms with Crippen LogP contribution in [0, 0.1) is 6.92 Å². The van der Waals surface area contributed by atoms with E-state index in [0.29, 0.717) is 10.7 Å². The lowest BCUT2D eigenvalue weighted by molar-refractivity contribution is -0.229. The van der Waals surface area contributed by atoms with E-state index in [-0.39, 0.29) is 5.91 Å². The van der Waals surface area contributed by atoms with E-state index in [1.165, 1.54) is 0 Å². The Morgan fingerprint density at radius 2 is 1.63 bits per heavy atom. The number of rotatable bonds is 2. The number of anilines is 1. The van der Waals surface area contributed by atoms with Crippen molar-refractivity contribution in [2.45, 2.75) is 76.9 Å². The SMILES string of the molecule is Cc1ccc(NC(=O)[C@H]2O[C@H]3OC(C)(C)O[C@@H]3[C@H]3OC(C)(C)O[C@@H]32)cc1Cl. The number of hydrogen-bond acceptors (Lipinski definition) is 6. The van der Waals surface area contributed by atoms with Gasteiger partial charge in [-0.1, -0.05) is 17.7 Å². The maximum absolute atomic E-state index is 13.0. The molecule has 3 aliphatic rings. The van der Waals surface area contributed by atoms with Crippen LogP contribution in [0.3, 0.4) is 0 Å². The van der Waals surface area contributed by atoms with Gasteiger partial charge in [-0.2, -0.15) is 0 Å². The molecule has 8 heteroatoms. The summed E-state index contributed by atoms with van der Waals surface area (Å²) >= 11 is 6.15. The lowest BCUT2D eigenvalue weighted by atomic mass is 9.98. The molecule has 3 fully saturated rings. The lowest BCUT2D eigenvalue weighted by Gasteiger charge is -2.36. The van der Waals surface area contributed by atoms with Crippen LogP contribution >= 0.6 is 11.6 Å². The second kappa shape index (κ2) is 6.40. The van der Waals surface area contributed by atoms with E-state index in [4.69, 9.17) is 35.3 Å². The van der Waals surface area contributed by atoms with Crippen LogP contribution in [0.4, 0.5) is 5.69 Å². The summed E-state index contributed by atoms with van der Waals surface area (Å²) < 4.78 is 29.7. The molecule has 1 N–H and O–H groups in total. The van der Waals surface area contributed by atoms with Gasteiger partial charge < -0.3 is 29.0 Å². The van der Waals surface area contributed by atoms with Gasteiger partial charge in [-0.3, -0.25) is 4.79 Å².